The zero-order valence-corrected chi connectivity index (χ0v) is 11.1. The number of thiophene rings is 1. The van der Waals surface area contributed by atoms with Crippen molar-refractivity contribution in [1.29, 1.82) is 0 Å². The second kappa shape index (κ2) is 4.31. The molecule has 0 atom stereocenters. The number of hydrogen-bond acceptors (Lipinski definition) is 3. The molecule has 0 aliphatic heterocycles. The van der Waals surface area contributed by atoms with Crippen LogP contribution in [0.4, 0.5) is 0 Å². The first-order valence-electron chi connectivity index (χ1n) is 6.08. The normalized spacial score (nSPS) is 15.4. The van der Waals surface area contributed by atoms with Gasteiger partial charge in [-0.3, -0.25) is 0 Å². The van der Waals surface area contributed by atoms with Gasteiger partial charge in [-0.05, 0) is 36.8 Å². The van der Waals surface area contributed by atoms with Crippen molar-refractivity contribution in [3.63, 3.8) is 0 Å². The molecule has 17 heavy (non-hydrogen) atoms. The Morgan fingerprint density at radius 3 is 2.94 bits per heavy atom. The van der Waals surface area contributed by atoms with Gasteiger partial charge in [0.25, 0.3) is 0 Å². The zero-order valence-electron chi connectivity index (χ0n) is 10.2. The highest BCUT2D eigenvalue weighted by Gasteiger charge is 2.21. The Balaban J connectivity index is 1.97. The molecule has 1 aliphatic rings. The Morgan fingerprint density at radius 2 is 2.24 bits per heavy atom. The second-order valence-corrected chi connectivity index (χ2v) is 5.75. The summed E-state index contributed by atoms with van der Waals surface area (Å²) < 4.78 is 6.70. The summed E-state index contributed by atoms with van der Waals surface area (Å²) in [4.78, 5) is 1.44. The van der Waals surface area contributed by atoms with E-state index in [0.29, 0.717) is 0 Å². The lowest BCUT2D eigenvalue weighted by atomic mass is 10.1. The van der Waals surface area contributed by atoms with E-state index in [4.69, 9.17) is 4.74 Å². The summed E-state index contributed by atoms with van der Waals surface area (Å²) in [5.74, 6) is 0.994. The van der Waals surface area contributed by atoms with Gasteiger partial charge >= 0.3 is 0 Å². The van der Waals surface area contributed by atoms with E-state index in [1.165, 1.54) is 33.4 Å². The van der Waals surface area contributed by atoms with Gasteiger partial charge in [0.15, 0.2) is 0 Å². The quantitative estimate of drug-likeness (QED) is 0.893. The maximum Gasteiger partial charge on any atom is 0.136 e. The Kier molecular flexibility index (Phi) is 2.81. The summed E-state index contributed by atoms with van der Waals surface area (Å²) in [6, 6.07) is 7.06. The van der Waals surface area contributed by atoms with Crippen molar-refractivity contribution in [2.24, 2.45) is 0 Å². The van der Waals surface area contributed by atoms with Crippen molar-refractivity contribution < 1.29 is 4.74 Å². The van der Waals surface area contributed by atoms with Crippen LogP contribution in [0.3, 0.4) is 0 Å². The average molecular weight is 247 g/mol. The van der Waals surface area contributed by atoms with Gasteiger partial charge in [-0.15, -0.1) is 11.3 Å². The van der Waals surface area contributed by atoms with Crippen molar-refractivity contribution in [3.8, 4) is 5.75 Å². The lowest BCUT2D eigenvalue weighted by Crippen LogP contribution is -2.14. The molecular formula is C14H17NOS. The minimum atomic E-state index is 0.765. The van der Waals surface area contributed by atoms with E-state index < -0.39 is 0 Å². The number of aryl methyl sites for hydroxylation is 1. The molecule has 1 aliphatic carbocycles. The van der Waals surface area contributed by atoms with Crippen LogP contribution in [0.15, 0.2) is 18.2 Å². The number of nitrogens with one attached hydrogen (secondary N) is 1. The van der Waals surface area contributed by atoms with Crippen LogP contribution in [-0.2, 0) is 6.54 Å². The van der Waals surface area contributed by atoms with E-state index >= 15 is 0 Å². The maximum atomic E-state index is 5.42. The molecule has 0 radical (unpaired) electrons. The lowest BCUT2D eigenvalue weighted by molar-refractivity contribution is 0.420. The van der Waals surface area contributed by atoms with Crippen molar-refractivity contribution in [3.05, 3.63) is 28.6 Å². The summed E-state index contributed by atoms with van der Waals surface area (Å²) in [5.41, 5.74) is 1.40. The molecule has 0 unspecified atom stereocenters. The van der Waals surface area contributed by atoms with Gasteiger partial charge in [-0.2, -0.15) is 0 Å². The van der Waals surface area contributed by atoms with Crippen molar-refractivity contribution in [2.75, 3.05) is 7.11 Å². The van der Waals surface area contributed by atoms with Crippen LogP contribution < -0.4 is 10.1 Å². The van der Waals surface area contributed by atoms with E-state index in [-0.39, 0.29) is 0 Å². The van der Waals surface area contributed by atoms with E-state index in [1.807, 2.05) is 17.4 Å². The molecule has 1 aromatic carbocycles. The van der Waals surface area contributed by atoms with Crippen molar-refractivity contribution >= 4 is 21.4 Å². The molecule has 2 nitrogen and oxygen atoms in total. The van der Waals surface area contributed by atoms with Crippen molar-refractivity contribution in [1.82, 2.24) is 5.32 Å². The molecule has 1 heterocycles. The van der Waals surface area contributed by atoms with Gasteiger partial charge in [0.2, 0.25) is 0 Å². The first kappa shape index (κ1) is 11.1. The number of ether oxygens (including phenoxy) is 1. The third-order valence-electron chi connectivity index (χ3n) is 3.37. The molecule has 2 aromatic rings. The van der Waals surface area contributed by atoms with Crippen LogP contribution in [0.2, 0.25) is 0 Å². The highest BCUT2D eigenvalue weighted by Crippen LogP contribution is 2.37. The lowest BCUT2D eigenvalue weighted by Gasteiger charge is -2.00. The molecule has 0 bridgehead atoms. The highest BCUT2D eigenvalue weighted by atomic mass is 32.1. The monoisotopic (exact) mass is 247 g/mol. The van der Waals surface area contributed by atoms with Crippen LogP contribution in [0.1, 0.15) is 23.3 Å². The Morgan fingerprint density at radius 1 is 1.41 bits per heavy atom. The first-order valence-corrected chi connectivity index (χ1v) is 6.89. The van der Waals surface area contributed by atoms with Crippen LogP contribution in [0.5, 0.6) is 5.75 Å². The number of fused-ring (bicyclic) bond motifs is 1. The minimum Gasteiger partial charge on any atom is -0.495 e. The molecule has 3 rings (SSSR count). The SMILES string of the molecule is COc1cccc2c(C)c(CNC3CC3)sc12. The van der Waals surface area contributed by atoms with Crippen LogP contribution in [-0.4, -0.2) is 13.2 Å². The fraction of sp³-hybridized carbons (Fsp3) is 0.429. The molecule has 0 saturated heterocycles. The molecule has 3 heteroatoms. The minimum absolute atomic E-state index is 0.765. The summed E-state index contributed by atoms with van der Waals surface area (Å²) in [6.45, 7) is 3.21. The van der Waals surface area contributed by atoms with E-state index in [0.717, 1.165) is 18.3 Å². The van der Waals surface area contributed by atoms with Crippen LogP contribution in [0.25, 0.3) is 10.1 Å². The third-order valence-corrected chi connectivity index (χ3v) is 4.70. The van der Waals surface area contributed by atoms with Gasteiger partial charge in [-0.1, -0.05) is 12.1 Å². The summed E-state index contributed by atoms with van der Waals surface area (Å²) >= 11 is 1.86. The zero-order chi connectivity index (χ0) is 11.8. The predicted molar refractivity (Wildman–Crippen MR) is 73.0 cm³/mol. The molecule has 1 N–H and O–H groups in total. The van der Waals surface area contributed by atoms with Crippen molar-refractivity contribution in [2.45, 2.75) is 32.4 Å². The number of rotatable bonds is 4. The molecule has 1 aromatic heterocycles. The third kappa shape index (κ3) is 2.05. The molecule has 0 spiro atoms. The average Bonchev–Trinajstić information content (AvgIpc) is 3.12. The Bertz CT molecular complexity index is 542. The van der Waals surface area contributed by atoms with Gasteiger partial charge in [0.05, 0.1) is 11.8 Å². The maximum absolute atomic E-state index is 5.42. The van der Waals surface area contributed by atoms with Crippen LogP contribution in [0, 0.1) is 6.92 Å². The molecule has 1 saturated carbocycles. The first-order chi connectivity index (χ1) is 8.29. The van der Waals surface area contributed by atoms with Gasteiger partial charge in [-0.25, -0.2) is 0 Å². The number of hydrogen-bond donors (Lipinski definition) is 1. The topological polar surface area (TPSA) is 21.3 Å². The molecule has 1 fully saturated rings. The fourth-order valence-electron chi connectivity index (χ4n) is 2.12. The molecular weight excluding hydrogens is 230 g/mol. The largest absolute Gasteiger partial charge is 0.495 e. The van der Waals surface area contributed by atoms with Crippen LogP contribution >= 0.6 is 11.3 Å². The summed E-state index contributed by atoms with van der Waals surface area (Å²) in [7, 11) is 1.74. The van der Waals surface area contributed by atoms with E-state index in [1.54, 1.807) is 7.11 Å². The fourth-order valence-corrected chi connectivity index (χ4v) is 3.37. The highest BCUT2D eigenvalue weighted by molar-refractivity contribution is 7.19. The van der Waals surface area contributed by atoms with Gasteiger partial charge in [0, 0.05) is 17.5 Å². The number of methoxy groups -OCH3 is 1. The summed E-state index contributed by atoms with van der Waals surface area (Å²) in [5, 5.41) is 4.92. The standard InChI is InChI=1S/C14H17NOS/c1-9-11-4-3-5-12(16-2)14(11)17-13(9)8-15-10-6-7-10/h3-5,10,15H,6-8H2,1-2H3. The Labute approximate surface area is 106 Å². The second-order valence-electron chi connectivity index (χ2n) is 4.64. The van der Waals surface area contributed by atoms with E-state index in [2.05, 4.69) is 24.4 Å². The molecule has 90 valence electrons. The van der Waals surface area contributed by atoms with Gasteiger partial charge < -0.3 is 10.1 Å². The predicted octanol–water partition coefficient (Wildman–Crippen LogP) is 3.47. The molecule has 0 amide bonds. The Hall–Kier alpha value is -1.06. The summed E-state index contributed by atoms with van der Waals surface area (Å²) in [6.07, 6.45) is 2.68. The van der Waals surface area contributed by atoms with Gasteiger partial charge in [0.1, 0.15) is 5.75 Å². The van der Waals surface area contributed by atoms with E-state index in [9.17, 15) is 0 Å². The number of benzene rings is 1. The smallest absolute Gasteiger partial charge is 0.136 e.